The quantitative estimate of drug-likeness (QED) is 0.867. The van der Waals surface area contributed by atoms with Crippen LogP contribution >= 0.6 is 0 Å². The zero-order valence-electron chi connectivity index (χ0n) is 11.1. The van der Waals surface area contributed by atoms with E-state index in [1.165, 1.54) is 11.1 Å². The van der Waals surface area contributed by atoms with Crippen LogP contribution in [0.25, 0.3) is 0 Å². The van der Waals surface area contributed by atoms with Gasteiger partial charge in [-0.25, -0.2) is 0 Å². The molecule has 0 saturated carbocycles. The van der Waals surface area contributed by atoms with Gasteiger partial charge in [0.2, 0.25) is 0 Å². The zero-order chi connectivity index (χ0) is 13.0. The maximum absolute atomic E-state index is 5.22. The minimum atomic E-state index is 0.275. The molecule has 2 nitrogen and oxygen atoms in total. The van der Waals surface area contributed by atoms with Gasteiger partial charge in [0.05, 0.1) is 7.11 Å². The predicted molar refractivity (Wildman–Crippen MR) is 76.2 cm³/mol. The minimum Gasteiger partial charge on any atom is -0.497 e. The Kier molecular flexibility index (Phi) is 3.88. The zero-order valence-corrected chi connectivity index (χ0v) is 11.1. The summed E-state index contributed by atoms with van der Waals surface area (Å²) in [5.74, 6) is 0.872. The van der Waals surface area contributed by atoms with Gasteiger partial charge in [0.25, 0.3) is 0 Å². The Morgan fingerprint density at radius 2 is 1.83 bits per heavy atom. The second-order valence-corrected chi connectivity index (χ2v) is 4.51. The Morgan fingerprint density at radius 3 is 2.56 bits per heavy atom. The van der Waals surface area contributed by atoms with Crippen LogP contribution in [-0.4, -0.2) is 7.11 Å². The van der Waals surface area contributed by atoms with E-state index < -0.39 is 0 Å². The maximum atomic E-state index is 5.22. The summed E-state index contributed by atoms with van der Waals surface area (Å²) in [6.07, 6.45) is 0. The monoisotopic (exact) mass is 241 g/mol. The van der Waals surface area contributed by atoms with E-state index in [2.05, 4.69) is 49.5 Å². The van der Waals surface area contributed by atoms with Crippen LogP contribution in [0.4, 0.5) is 5.69 Å². The van der Waals surface area contributed by atoms with E-state index in [-0.39, 0.29) is 6.04 Å². The minimum absolute atomic E-state index is 0.275. The van der Waals surface area contributed by atoms with Gasteiger partial charge in [-0.05, 0) is 31.5 Å². The third-order valence-corrected chi connectivity index (χ3v) is 3.00. The van der Waals surface area contributed by atoms with Crippen molar-refractivity contribution in [1.82, 2.24) is 0 Å². The summed E-state index contributed by atoms with van der Waals surface area (Å²) in [7, 11) is 1.68. The molecule has 0 saturated heterocycles. The molecule has 2 aromatic carbocycles. The van der Waals surface area contributed by atoms with Crippen molar-refractivity contribution in [2.75, 3.05) is 12.4 Å². The highest BCUT2D eigenvalue weighted by atomic mass is 16.5. The third kappa shape index (κ3) is 3.04. The van der Waals surface area contributed by atoms with Crippen LogP contribution in [0.2, 0.25) is 0 Å². The second kappa shape index (κ2) is 5.58. The Balaban J connectivity index is 2.13. The normalized spacial score (nSPS) is 11.9. The van der Waals surface area contributed by atoms with Crippen molar-refractivity contribution >= 4 is 5.69 Å². The highest BCUT2D eigenvalue weighted by molar-refractivity contribution is 5.49. The molecule has 1 N–H and O–H groups in total. The molecule has 0 radical (unpaired) electrons. The molecule has 2 heteroatoms. The molecule has 0 aliphatic rings. The van der Waals surface area contributed by atoms with Crippen molar-refractivity contribution < 1.29 is 4.74 Å². The Bertz CT molecular complexity index is 522. The standard InChI is InChI=1S/C16H19NO/c1-12-6-4-7-14(10-12)13(2)17-15-8-5-9-16(11-15)18-3/h4-11,13,17H,1-3H3. The van der Waals surface area contributed by atoms with Crippen LogP contribution in [-0.2, 0) is 0 Å². The lowest BCUT2D eigenvalue weighted by Crippen LogP contribution is -2.06. The van der Waals surface area contributed by atoms with E-state index in [4.69, 9.17) is 4.74 Å². The molecule has 0 aliphatic heterocycles. The number of nitrogens with one attached hydrogen (secondary N) is 1. The Morgan fingerprint density at radius 1 is 1.06 bits per heavy atom. The van der Waals surface area contributed by atoms with Crippen LogP contribution in [0.1, 0.15) is 24.1 Å². The molecule has 18 heavy (non-hydrogen) atoms. The fourth-order valence-corrected chi connectivity index (χ4v) is 1.99. The van der Waals surface area contributed by atoms with Crippen LogP contribution in [0, 0.1) is 6.92 Å². The SMILES string of the molecule is COc1cccc(NC(C)c2cccc(C)c2)c1. The Hall–Kier alpha value is -1.96. The lowest BCUT2D eigenvalue weighted by Gasteiger charge is -2.16. The van der Waals surface area contributed by atoms with Gasteiger partial charge in [0.15, 0.2) is 0 Å². The number of rotatable bonds is 4. The summed E-state index contributed by atoms with van der Waals surface area (Å²) >= 11 is 0. The van der Waals surface area contributed by atoms with Crippen LogP contribution in [0.3, 0.4) is 0 Å². The van der Waals surface area contributed by atoms with Crippen molar-refractivity contribution in [2.24, 2.45) is 0 Å². The first kappa shape index (κ1) is 12.5. The predicted octanol–water partition coefficient (Wildman–Crippen LogP) is 4.18. The molecule has 0 aromatic heterocycles. The van der Waals surface area contributed by atoms with Crippen molar-refractivity contribution in [3.63, 3.8) is 0 Å². The van der Waals surface area contributed by atoms with E-state index in [1.54, 1.807) is 7.11 Å². The molecule has 2 aromatic rings. The molecule has 0 heterocycles. The van der Waals surface area contributed by atoms with Crippen LogP contribution in [0.15, 0.2) is 48.5 Å². The number of ether oxygens (including phenoxy) is 1. The van der Waals surface area contributed by atoms with Gasteiger partial charge >= 0.3 is 0 Å². The molecule has 0 fully saturated rings. The second-order valence-electron chi connectivity index (χ2n) is 4.51. The average molecular weight is 241 g/mol. The number of anilines is 1. The molecule has 94 valence electrons. The average Bonchev–Trinajstić information content (AvgIpc) is 2.39. The van der Waals surface area contributed by atoms with Crippen molar-refractivity contribution in [2.45, 2.75) is 19.9 Å². The fraction of sp³-hybridized carbons (Fsp3) is 0.250. The molecule has 0 amide bonds. The van der Waals surface area contributed by atoms with Crippen molar-refractivity contribution in [1.29, 1.82) is 0 Å². The third-order valence-electron chi connectivity index (χ3n) is 3.00. The van der Waals surface area contributed by atoms with Crippen molar-refractivity contribution in [3.05, 3.63) is 59.7 Å². The van der Waals surface area contributed by atoms with Gasteiger partial charge in [-0.2, -0.15) is 0 Å². The number of benzene rings is 2. The van der Waals surface area contributed by atoms with E-state index in [9.17, 15) is 0 Å². The summed E-state index contributed by atoms with van der Waals surface area (Å²) in [4.78, 5) is 0. The fourth-order valence-electron chi connectivity index (χ4n) is 1.99. The highest BCUT2D eigenvalue weighted by Crippen LogP contribution is 2.22. The smallest absolute Gasteiger partial charge is 0.120 e. The largest absolute Gasteiger partial charge is 0.497 e. The molecule has 1 unspecified atom stereocenters. The summed E-state index contributed by atoms with van der Waals surface area (Å²) in [5, 5.41) is 3.48. The van der Waals surface area contributed by atoms with E-state index in [0.29, 0.717) is 0 Å². The summed E-state index contributed by atoms with van der Waals surface area (Å²) in [6.45, 7) is 4.27. The van der Waals surface area contributed by atoms with Crippen molar-refractivity contribution in [3.8, 4) is 5.75 Å². The molecule has 0 spiro atoms. The highest BCUT2D eigenvalue weighted by Gasteiger charge is 2.05. The summed E-state index contributed by atoms with van der Waals surface area (Å²) in [6, 6.07) is 16.8. The molecule has 0 bridgehead atoms. The lowest BCUT2D eigenvalue weighted by molar-refractivity contribution is 0.415. The number of methoxy groups -OCH3 is 1. The molecule has 2 rings (SSSR count). The first-order chi connectivity index (χ1) is 8.69. The molecule has 1 atom stereocenters. The first-order valence-electron chi connectivity index (χ1n) is 6.16. The topological polar surface area (TPSA) is 21.3 Å². The van der Waals surface area contributed by atoms with Gasteiger partial charge in [-0.15, -0.1) is 0 Å². The van der Waals surface area contributed by atoms with Gasteiger partial charge in [-0.1, -0.05) is 35.9 Å². The van der Waals surface area contributed by atoms with E-state index in [1.807, 2.05) is 18.2 Å². The van der Waals surface area contributed by atoms with Crippen LogP contribution in [0.5, 0.6) is 5.75 Å². The maximum Gasteiger partial charge on any atom is 0.120 e. The van der Waals surface area contributed by atoms with Gasteiger partial charge in [0.1, 0.15) is 5.75 Å². The number of hydrogen-bond acceptors (Lipinski definition) is 2. The van der Waals surface area contributed by atoms with Gasteiger partial charge < -0.3 is 10.1 Å². The van der Waals surface area contributed by atoms with E-state index in [0.717, 1.165) is 11.4 Å². The summed E-state index contributed by atoms with van der Waals surface area (Å²) < 4.78 is 5.22. The van der Waals surface area contributed by atoms with E-state index >= 15 is 0 Å². The molecular formula is C16H19NO. The first-order valence-corrected chi connectivity index (χ1v) is 6.16. The molecule has 0 aliphatic carbocycles. The summed E-state index contributed by atoms with van der Waals surface area (Å²) in [5.41, 5.74) is 3.65. The Labute approximate surface area is 109 Å². The lowest BCUT2D eigenvalue weighted by atomic mass is 10.1. The van der Waals surface area contributed by atoms with Crippen LogP contribution < -0.4 is 10.1 Å². The van der Waals surface area contributed by atoms with Gasteiger partial charge in [-0.3, -0.25) is 0 Å². The van der Waals surface area contributed by atoms with Gasteiger partial charge in [0, 0.05) is 17.8 Å². The number of hydrogen-bond donors (Lipinski definition) is 1. The number of aryl methyl sites for hydroxylation is 1. The molecular weight excluding hydrogens is 222 g/mol.